The van der Waals surface area contributed by atoms with E-state index in [1.165, 1.54) is 12.8 Å². The third kappa shape index (κ3) is 2.45. The van der Waals surface area contributed by atoms with Gasteiger partial charge in [-0.3, -0.25) is 4.68 Å². The van der Waals surface area contributed by atoms with Gasteiger partial charge in [-0.2, -0.15) is 10.4 Å². The van der Waals surface area contributed by atoms with E-state index in [1.54, 1.807) is 19.2 Å². The number of ether oxygens (including phenoxy) is 1. The van der Waals surface area contributed by atoms with Gasteiger partial charge in [0.25, 0.3) is 0 Å². The highest BCUT2D eigenvalue weighted by molar-refractivity contribution is 5.71. The first kappa shape index (κ1) is 11.8. The number of rotatable bonds is 4. The maximum atomic E-state index is 9.19. The Hall–Kier alpha value is -2.28. The minimum absolute atomic E-state index is 0.645. The maximum absolute atomic E-state index is 9.19. The lowest BCUT2D eigenvalue weighted by atomic mass is 10.0. The molecule has 1 saturated carbocycles. The number of nitriles is 1. The van der Waals surface area contributed by atoms with Crippen molar-refractivity contribution in [1.29, 1.82) is 5.26 Å². The smallest absolute Gasteiger partial charge is 0.119 e. The van der Waals surface area contributed by atoms with Crippen LogP contribution in [0.25, 0.3) is 11.1 Å². The molecule has 0 bridgehead atoms. The van der Waals surface area contributed by atoms with Gasteiger partial charge in [0.1, 0.15) is 5.75 Å². The molecule has 2 aromatic rings. The first-order valence-electron chi connectivity index (χ1n) is 6.41. The standard InChI is InChI=1S/C15H15N3O/c1-19-14-5-4-12(7-16)15(6-14)13-8-17-18(10-13)9-11-2-3-11/h4-6,8,10-11H,2-3,9H2,1H3. The van der Waals surface area contributed by atoms with Gasteiger partial charge in [0.15, 0.2) is 0 Å². The lowest BCUT2D eigenvalue weighted by molar-refractivity contribution is 0.415. The van der Waals surface area contributed by atoms with E-state index in [9.17, 15) is 5.26 Å². The summed E-state index contributed by atoms with van der Waals surface area (Å²) in [7, 11) is 1.63. The first-order chi connectivity index (χ1) is 9.30. The van der Waals surface area contributed by atoms with Gasteiger partial charge in [-0.1, -0.05) is 0 Å². The molecule has 4 nitrogen and oxygen atoms in total. The topological polar surface area (TPSA) is 50.8 Å². The average molecular weight is 253 g/mol. The van der Waals surface area contributed by atoms with Gasteiger partial charge >= 0.3 is 0 Å². The molecule has 0 spiro atoms. The van der Waals surface area contributed by atoms with Crippen molar-refractivity contribution in [3.63, 3.8) is 0 Å². The Morgan fingerprint density at radius 2 is 2.32 bits per heavy atom. The third-order valence-electron chi connectivity index (χ3n) is 3.43. The molecule has 0 N–H and O–H groups in total. The van der Waals surface area contributed by atoms with Gasteiger partial charge in [0.05, 0.1) is 24.9 Å². The second-order valence-electron chi connectivity index (χ2n) is 4.92. The molecule has 1 aliphatic rings. The number of benzene rings is 1. The van der Waals surface area contributed by atoms with E-state index in [0.29, 0.717) is 5.56 Å². The van der Waals surface area contributed by atoms with Crippen LogP contribution in [0.1, 0.15) is 18.4 Å². The summed E-state index contributed by atoms with van der Waals surface area (Å²) in [5.74, 6) is 1.54. The lowest BCUT2D eigenvalue weighted by Crippen LogP contribution is -1.99. The summed E-state index contributed by atoms with van der Waals surface area (Å²) >= 11 is 0. The quantitative estimate of drug-likeness (QED) is 0.841. The molecule has 4 heteroatoms. The Balaban J connectivity index is 1.95. The van der Waals surface area contributed by atoms with Gasteiger partial charge in [-0.15, -0.1) is 0 Å². The molecular formula is C15H15N3O. The average Bonchev–Trinajstić information content (AvgIpc) is 3.14. The van der Waals surface area contributed by atoms with E-state index in [4.69, 9.17) is 4.74 Å². The van der Waals surface area contributed by atoms with Crippen LogP contribution < -0.4 is 4.74 Å². The van der Waals surface area contributed by atoms with E-state index in [-0.39, 0.29) is 0 Å². The fourth-order valence-corrected chi connectivity index (χ4v) is 2.15. The number of hydrogen-bond donors (Lipinski definition) is 0. The Morgan fingerprint density at radius 1 is 1.47 bits per heavy atom. The summed E-state index contributed by atoms with van der Waals surface area (Å²) in [6, 6.07) is 7.69. The number of aromatic nitrogens is 2. The number of hydrogen-bond acceptors (Lipinski definition) is 3. The van der Waals surface area contributed by atoms with Gasteiger partial charge < -0.3 is 4.74 Å². The zero-order chi connectivity index (χ0) is 13.2. The van der Waals surface area contributed by atoms with Gasteiger partial charge in [0.2, 0.25) is 0 Å². The zero-order valence-corrected chi connectivity index (χ0v) is 10.8. The fraction of sp³-hybridized carbons (Fsp3) is 0.333. The first-order valence-corrected chi connectivity index (χ1v) is 6.41. The molecule has 1 aromatic heterocycles. The van der Waals surface area contributed by atoms with E-state index >= 15 is 0 Å². The van der Waals surface area contributed by atoms with Crippen molar-refractivity contribution in [2.45, 2.75) is 19.4 Å². The number of methoxy groups -OCH3 is 1. The lowest BCUT2D eigenvalue weighted by Gasteiger charge is -2.04. The zero-order valence-electron chi connectivity index (χ0n) is 10.8. The minimum Gasteiger partial charge on any atom is -0.497 e. The Kier molecular flexibility index (Phi) is 2.96. The van der Waals surface area contributed by atoms with Crippen LogP contribution in [0.2, 0.25) is 0 Å². The molecule has 0 amide bonds. The van der Waals surface area contributed by atoms with Crippen LogP contribution in [0.4, 0.5) is 0 Å². The van der Waals surface area contributed by atoms with Crippen molar-refractivity contribution in [2.24, 2.45) is 5.92 Å². The molecule has 0 unspecified atom stereocenters. The summed E-state index contributed by atoms with van der Waals surface area (Å²) in [5, 5.41) is 13.6. The van der Waals surface area contributed by atoms with E-state index < -0.39 is 0 Å². The van der Waals surface area contributed by atoms with Crippen molar-refractivity contribution in [3.8, 4) is 22.9 Å². The van der Waals surface area contributed by atoms with Crippen molar-refractivity contribution in [1.82, 2.24) is 9.78 Å². The van der Waals surface area contributed by atoms with Crippen LogP contribution in [-0.2, 0) is 6.54 Å². The van der Waals surface area contributed by atoms with E-state index in [1.807, 2.05) is 23.1 Å². The highest BCUT2D eigenvalue weighted by Crippen LogP contribution is 2.32. The summed E-state index contributed by atoms with van der Waals surface area (Å²) in [5.41, 5.74) is 2.49. The molecule has 3 rings (SSSR count). The van der Waals surface area contributed by atoms with E-state index in [2.05, 4.69) is 11.2 Å². The summed E-state index contributed by atoms with van der Waals surface area (Å²) in [6.07, 6.45) is 6.43. The molecule has 19 heavy (non-hydrogen) atoms. The molecule has 0 saturated heterocycles. The molecular weight excluding hydrogens is 238 g/mol. The predicted molar refractivity (Wildman–Crippen MR) is 71.7 cm³/mol. The molecule has 96 valence electrons. The number of nitrogens with zero attached hydrogens (tertiary/aromatic N) is 3. The second kappa shape index (κ2) is 4.77. The fourth-order valence-electron chi connectivity index (χ4n) is 2.15. The van der Waals surface area contributed by atoms with Crippen LogP contribution in [0.3, 0.4) is 0 Å². The summed E-state index contributed by atoms with van der Waals surface area (Å²) in [4.78, 5) is 0. The Morgan fingerprint density at radius 3 is 3.00 bits per heavy atom. The predicted octanol–water partition coefficient (Wildman–Crippen LogP) is 2.84. The van der Waals surface area contributed by atoms with Crippen molar-refractivity contribution >= 4 is 0 Å². The Labute approximate surface area is 112 Å². The molecule has 1 aromatic carbocycles. The highest BCUT2D eigenvalue weighted by Gasteiger charge is 2.22. The monoisotopic (exact) mass is 253 g/mol. The largest absolute Gasteiger partial charge is 0.497 e. The molecule has 0 radical (unpaired) electrons. The van der Waals surface area contributed by atoms with Crippen LogP contribution in [0.5, 0.6) is 5.75 Å². The summed E-state index contributed by atoms with van der Waals surface area (Å²) < 4.78 is 7.19. The second-order valence-corrected chi connectivity index (χ2v) is 4.92. The normalized spacial score (nSPS) is 14.1. The molecule has 1 fully saturated rings. The maximum Gasteiger partial charge on any atom is 0.119 e. The van der Waals surface area contributed by atoms with Crippen LogP contribution in [-0.4, -0.2) is 16.9 Å². The highest BCUT2D eigenvalue weighted by atomic mass is 16.5. The Bertz CT molecular complexity index is 635. The van der Waals surface area contributed by atoms with Gasteiger partial charge in [-0.25, -0.2) is 0 Å². The van der Waals surface area contributed by atoms with E-state index in [0.717, 1.165) is 29.3 Å². The van der Waals surface area contributed by atoms with Crippen LogP contribution in [0.15, 0.2) is 30.6 Å². The van der Waals surface area contributed by atoms with Crippen molar-refractivity contribution in [2.75, 3.05) is 7.11 Å². The molecule has 0 aliphatic heterocycles. The SMILES string of the molecule is COc1ccc(C#N)c(-c2cnn(CC3CC3)c2)c1. The van der Waals surface area contributed by atoms with Crippen LogP contribution >= 0.6 is 0 Å². The third-order valence-corrected chi connectivity index (χ3v) is 3.43. The van der Waals surface area contributed by atoms with Crippen molar-refractivity contribution < 1.29 is 4.74 Å². The molecule has 1 heterocycles. The summed E-state index contributed by atoms with van der Waals surface area (Å²) in [6.45, 7) is 0.978. The van der Waals surface area contributed by atoms with Crippen LogP contribution in [0, 0.1) is 17.2 Å². The molecule has 1 aliphatic carbocycles. The van der Waals surface area contributed by atoms with Gasteiger partial charge in [0, 0.05) is 23.9 Å². The van der Waals surface area contributed by atoms with Crippen molar-refractivity contribution in [3.05, 3.63) is 36.2 Å². The van der Waals surface area contributed by atoms with Gasteiger partial charge in [-0.05, 0) is 37.0 Å². The minimum atomic E-state index is 0.645. The molecule has 0 atom stereocenters.